The normalized spacial score (nSPS) is 17.8. The van der Waals surface area contributed by atoms with E-state index in [1.807, 2.05) is 11.8 Å². The smallest absolute Gasteiger partial charge is 0.301 e. The van der Waals surface area contributed by atoms with Gasteiger partial charge in [0.2, 0.25) is 10.0 Å². The van der Waals surface area contributed by atoms with Gasteiger partial charge in [-0.05, 0) is 12.6 Å². The van der Waals surface area contributed by atoms with Crippen LogP contribution in [0.1, 0.15) is 12.5 Å². The molecule has 0 unspecified atom stereocenters. The molecule has 2 rings (SSSR count). The molecule has 1 aromatic carbocycles. The molecule has 0 aliphatic carbocycles. The van der Waals surface area contributed by atoms with Crippen molar-refractivity contribution in [3.8, 4) is 0 Å². The van der Waals surface area contributed by atoms with Crippen LogP contribution in [-0.4, -0.2) is 55.3 Å². The van der Waals surface area contributed by atoms with Crippen molar-refractivity contribution in [1.29, 1.82) is 0 Å². The molecule has 11 heteroatoms. The van der Waals surface area contributed by atoms with Gasteiger partial charge in [0.25, 0.3) is 5.69 Å². The van der Waals surface area contributed by atoms with Crippen LogP contribution in [0.15, 0.2) is 23.1 Å². The second kappa shape index (κ2) is 6.65. The van der Waals surface area contributed by atoms with Gasteiger partial charge in [0, 0.05) is 38.3 Å². The number of halogens is 3. The highest BCUT2D eigenvalue weighted by Gasteiger charge is 2.36. The van der Waals surface area contributed by atoms with E-state index in [2.05, 4.69) is 0 Å². The zero-order chi connectivity index (χ0) is 18.1. The number of nitrogens with zero attached hydrogens (tertiary/aromatic N) is 3. The Balaban J connectivity index is 2.43. The summed E-state index contributed by atoms with van der Waals surface area (Å²) >= 11 is 0. The van der Waals surface area contributed by atoms with Crippen molar-refractivity contribution in [2.75, 3.05) is 32.7 Å². The largest absolute Gasteiger partial charge is 0.416 e. The minimum Gasteiger partial charge on any atom is -0.301 e. The molecule has 1 aromatic rings. The van der Waals surface area contributed by atoms with Gasteiger partial charge < -0.3 is 4.90 Å². The van der Waals surface area contributed by atoms with E-state index in [0.717, 1.165) is 10.8 Å². The summed E-state index contributed by atoms with van der Waals surface area (Å²) in [6, 6.07) is 1.43. The summed E-state index contributed by atoms with van der Waals surface area (Å²) in [6.07, 6.45) is -4.88. The van der Waals surface area contributed by atoms with Crippen LogP contribution in [0.25, 0.3) is 0 Å². The molecule has 0 bridgehead atoms. The highest BCUT2D eigenvalue weighted by Crippen LogP contribution is 2.34. The van der Waals surface area contributed by atoms with E-state index >= 15 is 0 Å². The summed E-state index contributed by atoms with van der Waals surface area (Å²) in [7, 11) is -4.23. The first-order chi connectivity index (χ1) is 11.1. The molecule has 0 amide bonds. The molecule has 7 nitrogen and oxygen atoms in total. The van der Waals surface area contributed by atoms with Crippen LogP contribution in [0.5, 0.6) is 0 Å². The van der Waals surface area contributed by atoms with Crippen molar-refractivity contribution < 1.29 is 26.5 Å². The highest BCUT2D eigenvalue weighted by atomic mass is 32.2. The minimum absolute atomic E-state index is 0.125. The van der Waals surface area contributed by atoms with E-state index < -0.39 is 37.3 Å². The van der Waals surface area contributed by atoms with Crippen molar-refractivity contribution in [2.45, 2.75) is 18.0 Å². The SMILES string of the molecule is CCN1CCN(S(=O)(=O)c2cc([N+](=O)[O-])cc(C(F)(F)F)c2)CC1. The first-order valence-electron chi connectivity index (χ1n) is 7.15. The Morgan fingerprint density at radius 1 is 1.17 bits per heavy atom. The van der Waals surface area contributed by atoms with Crippen LogP contribution in [0.2, 0.25) is 0 Å². The number of nitro groups is 1. The fourth-order valence-electron chi connectivity index (χ4n) is 2.44. The molecule has 1 heterocycles. The molecule has 1 aliphatic rings. The van der Waals surface area contributed by atoms with Crippen LogP contribution in [0.4, 0.5) is 18.9 Å². The Bertz CT molecular complexity index is 728. The summed E-state index contributed by atoms with van der Waals surface area (Å²) < 4.78 is 64.9. The predicted octanol–water partition coefficient (Wildman–Crippen LogP) is 1.94. The predicted molar refractivity (Wildman–Crippen MR) is 79.0 cm³/mol. The lowest BCUT2D eigenvalue weighted by atomic mass is 10.2. The number of hydrogen-bond donors (Lipinski definition) is 0. The number of benzene rings is 1. The summed E-state index contributed by atoms with van der Waals surface area (Å²) in [5.41, 5.74) is -2.27. The van der Waals surface area contributed by atoms with Crippen molar-refractivity contribution >= 4 is 15.7 Å². The molecule has 0 aromatic heterocycles. The van der Waals surface area contributed by atoms with Gasteiger partial charge in [-0.15, -0.1) is 0 Å². The minimum atomic E-state index is -4.88. The number of sulfonamides is 1. The van der Waals surface area contributed by atoms with Gasteiger partial charge in [0.1, 0.15) is 0 Å². The molecular formula is C13H16F3N3O4S. The van der Waals surface area contributed by atoms with E-state index in [1.165, 1.54) is 0 Å². The van der Waals surface area contributed by atoms with Gasteiger partial charge in [0.05, 0.1) is 15.4 Å². The van der Waals surface area contributed by atoms with Gasteiger partial charge in [-0.2, -0.15) is 17.5 Å². The lowest BCUT2D eigenvalue weighted by molar-refractivity contribution is -0.385. The molecule has 0 atom stereocenters. The Morgan fingerprint density at radius 3 is 2.21 bits per heavy atom. The van der Waals surface area contributed by atoms with E-state index in [9.17, 15) is 31.7 Å². The van der Waals surface area contributed by atoms with Gasteiger partial charge in [0.15, 0.2) is 0 Å². The maximum absolute atomic E-state index is 12.9. The monoisotopic (exact) mass is 367 g/mol. The van der Waals surface area contributed by atoms with Crippen LogP contribution >= 0.6 is 0 Å². The zero-order valence-electron chi connectivity index (χ0n) is 12.8. The van der Waals surface area contributed by atoms with Crippen LogP contribution in [0.3, 0.4) is 0 Å². The van der Waals surface area contributed by atoms with Gasteiger partial charge in [-0.25, -0.2) is 8.42 Å². The molecule has 134 valence electrons. The maximum atomic E-state index is 12.9. The number of likely N-dealkylation sites (N-methyl/N-ethyl adjacent to an activating group) is 1. The third-order valence-electron chi connectivity index (χ3n) is 3.85. The van der Waals surface area contributed by atoms with Crippen molar-refractivity contribution in [2.24, 2.45) is 0 Å². The number of alkyl halides is 3. The second-order valence-electron chi connectivity index (χ2n) is 5.31. The van der Waals surface area contributed by atoms with Gasteiger partial charge >= 0.3 is 6.18 Å². The number of nitro benzene ring substituents is 1. The van der Waals surface area contributed by atoms with Crippen molar-refractivity contribution in [3.05, 3.63) is 33.9 Å². The number of rotatable bonds is 4. The lowest BCUT2D eigenvalue weighted by Gasteiger charge is -2.33. The summed E-state index contributed by atoms with van der Waals surface area (Å²) in [5, 5.41) is 10.8. The zero-order valence-corrected chi connectivity index (χ0v) is 13.6. The molecule has 1 aliphatic heterocycles. The van der Waals surface area contributed by atoms with Gasteiger partial charge in [-0.1, -0.05) is 6.92 Å². The van der Waals surface area contributed by atoms with Crippen LogP contribution < -0.4 is 0 Å². The standard InChI is InChI=1S/C13H16F3N3O4S/c1-2-17-3-5-18(6-4-17)24(22,23)12-8-10(13(14,15)16)7-11(9-12)19(20)21/h7-9H,2-6H2,1H3. The second-order valence-corrected chi connectivity index (χ2v) is 7.25. The molecule has 0 radical (unpaired) electrons. The molecule has 1 fully saturated rings. The van der Waals surface area contributed by atoms with E-state index in [-0.39, 0.29) is 13.1 Å². The van der Waals surface area contributed by atoms with Crippen LogP contribution in [0, 0.1) is 10.1 Å². The van der Waals surface area contributed by atoms with Crippen molar-refractivity contribution in [1.82, 2.24) is 9.21 Å². The lowest BCUT2D eigenvalue weighted by Crippen LogP contribution is -2.48. The maximum Gasteiger partial charge on any atom is 0.416 e. The molecule has 1 saturated heterocycles. The quantitative estimate of drug-likeness (QED) is 0.600. The fraction of sp³-hybridized carbons (Fsp3) is 0.538. The molecular weight excluding hydrogens is 351 g/mol. The summed E-state index contributed by atoms with van der Waals surface area (Å²) in [4.78, 5) is 11.1. The third-order valence-corrected chi connectivity index (χ3v) is 5.72. The first kappa shape index (κ1) is 18.6. The summed E-state index contributed by atoms with van der Waals surface area (Å²) in [6.45, 7) is 3.82. The first-order valence-corrected chi connectivity index (χ1v) is 8.59. The Morgan fingerprint density at radius 2 is 1.75 bits per heavy atom. The molecule has 0 saturated carbocycles. The number of non-ortho nitro benzene ring substituents is 1. The number of hydrogen-bond acceptors (Lipinski definition) is 5. The highest BCUT2D eigenvalue weighted by molar-refractivity contribution is 7.89. The summed E-state index contributed by atoms with van der Waals surface area (Å²) in [5.74, 6) is 0. The topological polar surface area (TPSA) is 83.8 Å². The van der Waals surface area contributed by atoms with E-state index in [0.29, 0.717) is 31.3 Å². The Kier molecular flexibility index (Phi) is 5.16. The average molecular weight is 367 g/mol. The molecule has 0 N–H and O–H groups in total. The van der Waals surface area contributed by atoms with Gasteiger partial charge in [-0.3, -0.25) is 10.1 Å². The van der Waals surface area contributed by atoms with Crippen molar-refractivity contribution in [3.63, 3.8) is 0 Å². The molecule has 0 spiro atoms. The van der Waals surface area contributed by atoms with E-state index in [1.54, 1.807) is 0 Å². The molecule has 24 heavy (non-hydrogen) atoms. The average Bonchev–Trinajstić information content (AvgIpc) is 2.53. The van der Waals surface area contributed by atoms with Crippen LogP contribution in [-0.2, 0) is 16.2 Å². The third kappa shape index (κ3) is 3.84. The van der Waals surface area contributed by atoms with E-state index in [4.69, 9.17) is 0 Å². The fourth-order valence-corrected chi connectivity index (χ4v) is 3.92. The Hall–Kier alpha value is -1.72. The Labute approximate surface area is 136 Å². The number of piperazine rings is 1.